The summed E-state index contributed by atoms with van der Waals surface area (Å²) in [6, 6.07) is 5.32. The van der Waals surface area contributed by atoms with Gasteiger partial charge in [0, 0.05) is 5.41 Å². The second kappa shape index (κ2) is 2.73. The molecule has 0 spiro atoms. The Morgan fingerprint density at radius 2 is 1.60 bits per heavy atom. The van der Waals surface area contributed by atoms with Crippen LogP contribution >= 0.6 is 0 Å². The zero-order chi connectivity index (χ0) is 14.8. The van der Waals surface area contributed by atoms with Crippen molar-refractivity contribution in [2.75, 3.05) is 0 Å². The topological polar surface area (TPSA) is 0 Å². The van der Waals surface area contributed by atoms with E-state index in [4.69, 9.17) is 6.85 Å². The molecule has 0 amide bonds. The maximum atomic E-state index is 8.13. The van der Waals surface area contributed by atoms with Crippen LogP contribution in [0.25, 0.3) is 11.1 Å². The van der Waals surface area contributed by atoms with Gasteiger partial charge in [0.25, 0.3) is 0 Å². The van der Waals surface area contributed by atoms with Crippen LogP contribution in [0.3, 0.4) is 0 Å². The molecule has 0 aromatic heterocycles. The largest absolute Gasteiger partial charge is 0.0629 e. The zero-order valence-electron chi connectivity index (χ0n) is 13.7. The lowest BCUT2D eigenvalue weighted by Crippen LogP contribution is -2.14. The quantitative estimate of drug-likeness (QED) is 0.601. The molecule has 0 aliphatic heterocycles. The lowest BCUT2D eigenvalue weighted by atomic mass is 9.82. The van der Waals surface area contributed by atoms with Crippen molar-refractivity contribution in [2.45, 2.75) is 19.3 Å². The van der Waals surface area contributed by atoms with Crippen molar-refractivity contribution in [2.24, 2.45) is 0 Å². The van der Waals surface area contributed by atoms with Crippen LogP contribution in [0.1, 0.15) is 31.8 Å². The van der Waals surface area contributed by atoms with Gasteiger partial charge in [-0.3, -0.25) is 0 Å². The van der Waals surface area contributed by atoms with E-state index in [2.05, 4.69) is 0 Å². The predicted octanol–water partition coefficient (Wildman–Crippen LogP) is 3.99. The van der Waals surface area contributed by atoms with Gasteiger partial charge in [-0.2, -0.15) is 0 Å². The van der Waals surface area contributed by atoms with Gasteiger partial charge < -0.3 is 0 Å². The van der Waals surface area contributed by atoms with Crippen molar-refractivity contribution < 1.29 is 6.85 Å². The molecule has 0 radical (unpaired) electrons. The van der Waals surface area contributed by atoms with Gasteiger partial charge in [-0.25, -0.2) is 0 Å². The van der Waals surface area contributed by atoms with Crippen molar-refractivity contribution in [1.82, 2.24) is 0 Å². The maximum Gasteiger partial charge on any atom is 0.0629 e. The first-order valence-electron chi connectivity index (χ1n) is 7.48. The Morgan fingerprint density at radius 1 is 0.933 bits per heavy atom. The van der Waals surface area contributed by atoms with E-state index in [1.165, 1.54) is 12.1 Å². The minimum absolute atomic E-state index is 0.0133. The van der Waals surface area contributed by atoms with Gasteiger partial charge in [-0.15, -0.1) is 0 Å². The van der Waals surface area contributed by atoms with Crippen LogP contribution in [0, 0.1) is 0 Å². The van der Waals surface area contributed by atoms with E-state index in [1.54, 1.807) is 6.07 Å². The van der Waals surface area contributed by atoms with Crippen LogP contribution < -0.4 is 0 Å². The van der Waals surface area contributed by atoms with Crippen LogP contribution in [-0.2, 0) is 5.41 Å². The number of benzene rings is 2. The summed E-state index contributed by atoms with van der Waals surface area (Å²) < 4.78 is 40.0. The fourth-order valence-corrected chi connectivity index (χ4v) is 2.27. The molecule has 0 unspecified atom stereocenters. The fraction of sp³-hybridized carbons (Fsp3) is 0.200. The van der Waals surface area contributed by atoms with Gasteiger partial charge >= 0.3 is 0 Å². The molecule has 0 fully saturated rings. The van der Waals surface area contributed by atoms with Gasteiger partial charge in [0.2, 0.25) is 0 Å². The summed E-state index contributed by atoms with van der Waals surface area (Å²) in [6.07, 6.45) is 0. The van der Waals surface area contributed by atoms with Crippen LogP contribution in [0.15, 0.2) is 48.4 Å². The van der Waals surface area contributed by atoms with Crippen molar-refractivity contribution in [3.63, 3.8) is 0 Å². The summed E-state index contributed by atoms with van der Waals surface area (Å²) in [5, 5.41) is 0. The lowest BCUT2D eigenvalue weighted by molar-refractivity contribution is 0.660. The van der Waals surface area contributed by atoms with Gasteiger partial charge in [0.05, 0.1) is 6.85 Å². The van der Waals surface area contributed by atoms with E-state index in [-0.39, 0.29) is 30.2 Å². The molecule has 0 heterocycles. The lowest BCUT2D eigenvalue weighted by Gasteiger charge is -2.20. The molecule has 0 bridgehead atoms. The Morgan fingerprint density at radius 3 is 2.40 bits per heavy atom. The zero-order valence-corrected chi connectivity index (χ0v) is 8.73. The molecule has 0 heteroatoms. The molecule has 0 atom stereocenters. The Hall–Kier alpha value is -1.56. The average Bonchev–Trinajstić information content (AvgIpc) is 2.54. The average molecular weight is 199 g/mol. The highest BCUT2D eigenvalue weighted by molar-refractivity contribution is 5.80. The molecule has 0 saturated heterocycles. The predicted molar refractivity (Wildman–Crippen MR) is 64.0 cm³/mol. The molecule has 3 rings (SSSR count). The van der Waals surface area contributed by atoms with Crippen LogP contribution in [0.5, 0.6) is 0 Å². The van der Waals surface area contributed by atoms with E-state index in [0.29, 0.717) is 16.7 Å². The summed E-state index contributed by atoms with van der Waals surface area (Å²) in [4.78, 5) is 0. The Balaban J connectivity index is 2.53. The summed E-state index contributed by atoms with van der Waals surface area (Å²) in [6.45, 7) is 3.86. The smallest absolute Gasteiger partial charge is 0.0619 e. The van der Waals surface area contributed by atoms with Crippen molar-refractivity contribution in [3.8, 4) is 11.1 Å². The first kappa shape index (κ1) is 4.98. The third-order valence-electron chi connectivity index (χ3n) is 3.05. The molecule has 0 saturated carbocycles. The van der Waals surface area contributed by atoms with Crippen molar-refractivity contribution >= 4 is 0 Å². The SMILES string of the molecule is [2H]c1cc([2H])c2c(c1)-c1c([2H])c([2H])cc([2H])c1C2(C)C. The summed E-state index contributed by atoms with van der Waals surface area (Å²) >= 11 is 0. The number of hydrogen-bond acceptors (Lipinski definition) is 0. The van der Waals surface area contributed by atoms with Crippen molar-refractivity contribution in [1.29, 1.82) is 0 Å². The van der Waals surface area contributed by atoms with E-state index >= 15 is 0 Å². The third-order valence-corrected chi connectivity index (χ3v) is 3.05. The second-order valence-corrected chi connectivity index (χ2v) is 4.32. The molecule has 2 aromatic rings. The highest BCUT2D eigenvalue weighted by Crippen LogP contribution is 2.47. The normalized spacial score (nSPS) is 20.5. The first-order valence-corrected chi connectivity index (χ1v) is 4.98. The van der Waals surface area contributed by atoms with Gasteiger partial charge in [-0.1, -0.05) is 62.3 Å². The Labute approximate surface area is 97.6 Å². The van der Waals surface area contributed by atoms with E-state index in [0.717, 1.165) is 5.56 Å². The molecular formula is C15H14. The number of hydrogen-bond donors (Lipinski definition) is 0. The number of rotatable bonds is 0. The van der Waals surface area contributed by atoms with E-state index in [1.807, 2.05) is 13.8 Å². The monoisotopic (exact) mass is 199 g/mol. The van der Waals surface area contributed by atoms with E-state index < -0.39 is 5.41 Å². The Bertz CT molecular complexity index is 747. The fourth-order valence-electron chi connectivity index (χ4n) is 2.27. The molecule has 15 heavy (non-hydrogen) atoms. The molecule has 74 valence electrons. The molecule has 0 nitrogen and oxygen atoms in total. The van der Waals surface area contributed by atoms with Crippen molar-refractivity contribution in [3.05, 3.63) is 59.5 Å². The van der Waals surface area contributed by atoms with Crippen LogP contribution in [-0.4, -0.2) is 0 Å². The van der Waals surface area contributed by atoms with Gasteiger partial charge in [-0.05, 0) is 22.3 Å². The maximum absolute atomic E-state index is 8.13. The molecule has 2 aromatic carbocycles. The van der Waals surface area contributed by atoms with Gasteiger partial charge in [0.1, 0.15) is 0 Å². The van der Waals surface area contributed by atoms with Crippen LogP contribution in [0.2, 0.25) is 0 Å². The summed E-state index contributed by atoms with van der Waals surface area (Å²) in [7, 11) is 0. The molecule has 1 aliphatic rings. The molecular weight excluding hydrogens is 180 g/mol. The molecule has 0 N–H and O–H groups in total. The standard InChI is InChI=1S/C15H14/c1-15(2)13-9-5-3-7-11(13)12-8-4-6-10-14(12)15/h3-10H,1-2H3/i3D,4D,7D,9D,10D. The van der Waals surface area contributed by atoms with Gasteiger partial charge in [0.15, 0.2) is 0 Å². The minimum Gasteiger partial charge on any atom is -0.0619 e. The molecule has 1 aliphatic carbocycles. The first-order chi connectivity index (χ1) is 9.25. The minimum atomic E-state index is -0.546. The summed E-state index contributed by atoms with van der Waals surface area (Å²) in [5.74, 6) is 0. The Kier molecular flexibility index (Phi) is 0.905. The highest BCUT2D eigenvalue weighted by atomic mass is 14.4. The van der Waals surface area contributed by atoms with Crippen LogP contribution in [0.4, 0.5) is 0 Å². The number of fused-ring (bicyclic) bond motifs is 3. The van der Waals surface area contributed by atoms with E-state index in [9.17, 15) is 0 Å². The second-order valence-electron chi connectivity index (χ2n) is 4.32. The third kappa shape index (κ3) is 1.02. The highest BCUT2D eigenvalue weighted by Gasteiger charge is 2.34. The summed E-state index contributed by atoms with van der Waals surface area (Å²) in [5.41, 5.74) is 2.10.